The van der Waals surface area contributed by atoms with Crippen LogP contribution in [0.1, 0.15) is 23.2 Å². The standard InChI is InChI=1S/C20H23N7O7/c21-20-25-16-15(18(32)26-20)27(9-28)12(8-23-16)7-22-11-3-1-10(2-4-11)17(31)24-13(19(33)34)5-6-14(29)30/h1-4,9,12-13,22H,5-8H2,(H,24,31)(H,29,30)(H,33,34)(H4,21,23,25,26,32)/t12?,13-/m0/s1/i5+1,6+1,13+1,14+1,19+1. The molecule has 1 aliphatic heterocycles. The monoisotopic (exact) mass is 478 g/mol. The molecule has 3 rings (SSSR count). The van der Waals surface area contributed by atoms with Crippen molar-refractivity contribution in [2.75, 3.05) is 34.4 Å². The van der Waals surface area contributed by atoms with Gasteiger partial charge in [0.25, 0.3) is 11.5 Å². The number of anilines is 4. The number of hydrogen-bond acceptors (Lipinski definition) is 9. The van der Waals surface area contributed by atoms with Crippen LogP contribution in [0.5, 0.6) is 0 Å². The van der Waals surface area contributed by atoms with E-state index in [4.69, 9.17) is 10.8 Å². The normalized spacial score (nSPS) is 15.4. The molecule has 2 amide bonds. The summed E-state index contributed by atoms with van der Waals surface area (Å²) in [5.74, 6) is -3.00. The van der Waals surface area contributed by atoms with Gasteiger partial charge >= 0.3 is 11.9 Å². The fourth-order valence-corrected chi connectivity index (χ4v) is 3.39. The first-order valence-corrected chi connectivity index (χ1v) is 10.2. The number of carboxylic acid groups (broad SMARTS) is 2. The van der Waals surface area contributed by atoms with Crippen LogP contribution in [-0.2, 0) is 14.4 Å². The highest BCUT2D eigenvalue weighted by Gasteiger charge is 2.29. The summed E-state index contributed by atoms with van der Waals surface area (Å²) in [6, 6.07) is 4.36. The Labute approximate surface area is 192 Å². The Morgan fingerprint density at radius 2 is 1.97 bits per heavy atom. The summed E-state index contributed by atoms with van der Waals surface area (Å²) in [6.07, 6.45) is -0.101. The van der Waals surface area contributed by atoms with Crippen molar-refractivity contribution in [3.8, 4) is 0 Å². The number of nitrogens with one attached hydrogen (secondary N) is 4. The van der Waals surface area contributed by atoms with E-state index >= 15 is 0 Å². The smallest absolute Gasteiger partial charge is 0.326 e. The zero-order valence-corrected chi connectivity index (χ0v) is 17.8. The predicted octanol–water partition coefficient (Wildman–Crippen LogP) is -0.731. The number of nitrogens with zero attached hydrogens (tertiary/aromatic N) is 2. The van der Waals surface area contributed by atoms with Crippen molar-refractivity contribution in [2.45, 2.75) is 24.9 Å². The number of nitrogens with two attached hydrogens (primary N) is 1. The van der Waals surface area contributed by atoms with Crippen molar-refractivity contribution >= 4 is 47.4 Å². The van der Waals surface area contributed by atoms with Crippen molar-refractivity contribution in [3.05, 3.63) is 40.2 Å². The maximum atomic E-state index is 12.3. The average Bonchev–Trinajstić information content (AvgIpc) is 2.79. The van der Waals surface area contributed by atoms with Gasteiger partial charge in [-0.3, -0.25) is 24.2 Å². The third-order valence-electron chi connectivity index (χ3n) is 5.12. The van der Waals surface area contributed by atoms with Crippen LogP contribution in [0.2, 0.25) is 0 Å². The summed E-state index contributed by atoms with van der Waals surface area (Å²) in [5.41, 5.74) is 5.84. The molecular formula is C20H23N7O7. The second-order valence-electron chi connectivity index (χ2n) is 7.45. The molecule has 14 nitrogen and oxygen atoms in total. The molecule has 0 radical (unpaired) electrons. The number of aromatic amines is 1. The summed E-state index contributed by atoms with van der Waals surface area (Å²) in [5, 5.41) is 26.3. The second kappa shape index (κ2) is 10.3. The molecule has 0 bridgehead atoms. The highest BCUT2D eigenvalue weighted by atomic mass is 16.5. The van der Waals surface area contributed by atoms with Crippen molar-refractivity contribution in [1.29, 1.82) is 0 Å². The summed E-state index contributed by atoms with van der Waals surface area (Å²) in [7, 11) is 0. The van der Waals surface area contributed by atoms with E-state index in [0.717, 1.165) is 0 Å². The SMILES string of the molecule is Nc1nc2c(c(=O)[nH]1)N(C=O)C(CNc1ccc(C(=O)N[13C@@H]([13CH2][13CH2][13C](=O)O)[13C](=O)O)cc1)CN2. The van der Waals surface area contributed by atoms with Gasteiger partial charge in [0.15, 0.2) is 11.5 Å². The van der Waals surface area contributed by atoms with E-state index in [9.17, 15) is 29.1 Å². The maximum Gasteiger partial charge on any atom is 0.326 e. The average molecular weight is 478 g/mol. The van der Waals surface area contributed by atoms with Crippen LogP contribution in [0, 0.1) is 0 Å². The van der Waals surface area contributed by atoms with Crippen molar-refractivity contribution in [1.82, 2.24) is 15.3 Å². The zero-order chi connectivity index (χ0) is 24.8. The lowest BCUT2D eigenvalue weighted by atomic mass is 10.1. The fourth-order valence-electron chi connectivity index (χ4n) is 3.39. The van der Waals surface area contributed by atoms with Crippen molar-refractivity contribution in [3.63, 3.8) is 0 Å². The van der Waals surface area contributed by atoms with E-state index in [2.05, 4.69) is 25.9 Å². The predicted molar refractivity (Wildman–Crippen MR) is 121 cm³/mol. The first-order valence-electron chi connectivity index (χ1n) is 10.2. The zero-order valence-electron chi connectivity index (χ0n) is 17.8. The lowest BCUT2D eigenvalue weighted by molar-refractivity contribution is -0.140. The number of fused-ring (bicyclic) bond motifs is 1. The molecule has 1 aliphatic rings. The Bertz CT molecular complexity index is 1150. The first-order chi connectivity index (χ1) is 16.2. The summed E-state index contributed by atoms with van der Waals surface area (Å²) in [6.45, 7) is 0.568. The number of benzene rings is 1. The molecule has 180 valence electrons. The van der Waals surface area contributed by atoms with Gasteiger partial charge in [-0.2, -0.15) is 4.98 Å². The van der Waals surface area contributed by atoms with E-state index < -0.39 is 41.9 Å². The lowest BCUT2D eigenvalue weighted by Crippen LogP contribution is -2.50. The van der Waals surface area contributed by atoms with E-state index in [-0.39, 0.29) is 36.0 Å². The molecule has 14 heteroatoms. The van der Waals surface area contributed by atoms with Gasteiger partial charge in [0.05, 0.1) is 6.04 Å². The molecule has 2 heterocycles. The van der Waals surface area contributed by atoms with E-state index in [0.29, 0.717) is 18.6 Å². The van der Waals surface area contributed by atoms with Gasteiger partial charge in [0, 0.05) is 30.8 Å². The molecule has 0 fully saturated rings. The molecule has 34 heavy (non-hydrogen) atoms. The number of carbonyl (C=O) groups is 4. The first kappa shape index (κ1) is 24.0. The van der Waals surface area contributed by atoms with Gasteiger partial charge in [-0.1, -0.05) is 0 Å². The molecule has 0 aliphatic carbocycles. The van der Waals surface area contributed by atoms with Crippen molar-refractivity contribution in [2.24, 2.45) is 0 Å². The molecule has 0 saturated heterocycles. The van der Waals surface area contributed by atoms with Gasteiger partial charge in [-0.25, -0.2) is 4.79 Å². The molecule has 2 aromatic rings. The maximum absolute atomic E-state index is 12.3. The minimum atomic E-state index is -1.33. The number of carbonyl (C=O) groups excluding carboxylic acids is 2. The number of rotatable bonds is 10. The number of carboxylic acids is 2. The van der Waals surface area contributed by atoms with Gasteiger partial charge in [-0.05, 0) is 30.7 Å². The lowest BCUT2D eigenvalue weighted by Gasteiger charge is -2.34. The molecular weight excluding hydrogens is 455 g/mol. The van der Waals surface area contributed by atoms with Gasteiger partial charge in [0.1, 0.15) is 6.04 Å². The third kappa shape index (κ3) is 5.59. The molecule has 0 spiro atoms. The number of hydrogen-bond donors (Lipinski definition) is 7. The Morgan fingerprint density at radius 3 is 2.59 bits per heavy atom. The highest BCUT2D eigenvalue weighted by Crippen LogP contribution is 2.25. The number of aliphatic carboxylic acids is 2. The molecule has 8 N–H and O–H groups in total. The van der Waals surface area contributed by atoms with Crippen LogP contribution < -0.4 is 32.1 Å². The largest absolute Gasteiger partial charge is 0.481 e. The molecule has 1 unspecified atom stereocenters. The van der Waals surface area contributed by atoms with Crippen LogP contribution in [-0.4, -0.2) is 69.6 Å². The van der Waals surface area contributed by atoms with E-state index in [1.165, 1.54) is 17.0 Å². The fraction of sp³-hybridized carbons (Fsp3) is 0.300. The quantitative estimate of drug-likeness (QED) is 0.167. The van der Waals surface area contributed by atoms with Gasteiger partial charge in [-0.15, -0.1) is 0 Å². The summed E-state index contributed by atoms with van der Waals surface area (Å²) < 4.78 is 0. The minimum absolute atomic E-state index is 0.0603. The number of aromatic nitrogens is 2. The Kier molecular flexibility index (Phi) is 7.30. The second-order valence-corrected chi connectivity index (χ2v) is 7.45. The number of H-pyrrole nitrogens is 1. The molecule has 0 saturated carbocycles. The minimum Gasteiger partial charge on any atom is -0.481 e. The molecule has 2 atom stereocenters. The van der Waals surface area contributed by atoms with Crippen LogP contribution >= 0.6 is 0 Å². The summed E-state index contributed by atoms with van der Waals surface area (Å²) >= 11 is 0. The third-order valence-corrected chi connectivity index (χ3v) is 5.12. The van der Waals surface area contributed by atoms with Crippen LogP contribution in [0.25, 0.3) is 0 Å². The highest BCUT2D eigenvalue weighted by molar-refractivity contribution is 5.97. The molecule has 1 aromatic heterocycles. The molecule has 1 aromatic carbocycles. The van der Waals surface area contributed by atoms with Crippen LogP contribution in [0.15, 0.2) is 29.1 Å². The Morgan fingerprint density at radius 1 is 1.26 bits per heavy atom. The Balaban J connectivity index is 1.62. The van der Waals surface area contributed by atoms with Gasteiger partial charge < -0.3 is 36.8 Å². The topological polar surface area (TPSA) is 220 Å². The Hall–Kier alpha value is -4.62. The van der Waals surface area contributed by atoms with Gasteiger partial charge in [0.2, 0.25) is 12.4 Å². The van der Waals surface area contributed by atoms with E-state index in [1.54, 1.807) is 12.1 Å². The number of nitrogen functional groups attached to an aromatic ring is 1. The van der Waals surface area contributed by atoms with Crippen LogP contribution in [0.3, 0.4) is 0 Å². The number of amides is 2. The summed E-state index contributed by atoms with van der Waals surface area (Å²) in [4.78, 5) is 65.7. The van der Waals surface area contributed by atoms with Crippen molar-refractivity contribution < 1.29 is 29.4 Å². The van der Waals surface area contributed by atoms with E-state index in [1.807, 2.05) is 0 Å². The van der Waals surface area contributed by atoms with Crippen LogP contribution in [0.4, 0.5) is 23.1 Å².